The maximum absolute atomic E-state index is 12.4. The Kier molecular flexibility index (Phi) is 6.32. The minimum absolute atomic E-state index is 0.00497. The van der Waals surface area contributed by atoms with E-state index in [0.29, 0.717) is 13.1 Å². The molecule has 2 heterocycles. The lowest BCUT2D eigenvalue weighted by Crippen LogP contribution is -2.49. The van der Waals surface area contributed by atoms with E-state index in [-0.39, 0.29) is 24.3 Å². The molecular formula is C17H31N3O4. The zero-order chi connectivity index (χ0) is 17.7. The fourth-order valence-electron chi connectivity index (χ4n) is 3.10. The topological polar surface area (TPSA) is 71.1 Å². The van der Waals surface area contributed by atoms with Gasteiger partial charge in [-0.3, -0.25) is 0 Å². The molecule has 0 aromatic carbocycles. The van der Waals surface area contributed by atoms with Gasteiger partial charge in [-0.15, -0.1) is 0 Å². The number of amides is 3. The maximum atomic E-state index is 12.4. The van der Waals surface area contributed by atoms with Crippen LogP contribution in [0.5, 0.6) is 0 Å². The molecule has 0 bridgehead atoms. The van der Waals surface area contributed by atoms with Gasteiger partial charge in [0.25, 0.3) is 0 Å². The van der Waals surface area contributed by atoms with Crippen molar-refractivity contribution in [2.45, 2.75) is 64.7 Å². The molecule has 0 spiro atoms. The molecule has 2 rings (SSSR count). The number of carbonyl (C=O) groups is 2. The van der Waals surface area contributed by atoms with Gasteiger partial charge in [0, 0.05) is 38.8 Å². The van der Waals surface area contributed by atoms with Crippen molar-refractivity contribution in [3.63, 3.8) is 0 Å². The first kappa shape index (κ1) is 18.8. The number of hydrogen-bond donors (Lipinski definition) is 1. The number of ether oxygens (including phenoxy) is 2. The van der Waals surface area contributed by atoms with Gasteiger partial charge in [0.05, 0.1) is 6.10 Å². The Morgan fingerprint density at radius 2 is 1.71 bits per heavy atom. The maximum Gasteiger partial charge on any atom is 0.410 e. The molecular weight excluding hydrogens is 310 g/mol. The van der Waals surface area contributed by atoms with E-state index in [1.54, 1.807) is 4.90 Å². The summed E-state index contributed by atoms with van der Waals surface area (Å²) in [6.07, 6.45) is 2.50. The molecule has 0 aliphatic carbocycles. The van der Waals surface area contributed by atoms with E-state index in [4.69, 9.17) is 9.47 Å². The third-order valence-corrected chi connectivity index (χ3v) is 4.30. The van der Waals surface area contributed by atoms with Crippen molar-refractivity contribution in [3.8, 4) is 0 Å². The van der Waals surface area contributed by atoms with E-state index in [1.165, 1.54) is 0 Å². The first-order chi connectivity index (χ1) is 11.3. The molecule has 138 valence electrons. The minimum atomic E-state index is -0.497. The van der Waals surface area contributed by atoms with Gasteiger partial charge in [-0.2, -0.15) is 0 Å². The number of hydrogen-bond acceptors (Lipinski definition) is 4. The second-order valence-electron chi connectivity index (χ2n) is 7.50. The smallest absolute Gasteiger partial charge is 0.410 e. The number of nitrogens with one attached hydrogen (secondary N) is 1. The third kappa shape index (κ3) is 5.54. The van der Waals surface area contributed by atoms with Crippen LogP contribution in [-0.4, -0.2) is 72.5 Å². The highest BCUT2D eigenvalue weighted by atomic mass is 16.6. The second kappa shape index (κ2) is 8.05. The van der Waals surface area contributed by atoms with Crippen molar-refractivity contribution >= 4 is 12.1 Å². The second-order valence-corrected chi connectivity index (χ2v) is 7.50. The lowest BCUT2D eigenvalue weighted by molar-refractivity contribution is 0.0214. The molecule has 0 unspecified atom stereocenters. The number of carbonyl (C=O) groups excluding carboxylic acids is 2. The van der Waals surface area contributed by atoms with Crippen molar-refractivity contribution in [1.29, 1.82) is 0 Å². The van der Waals surface area contributed by atoms with Gasteiger partial charge in [0.2, 0.25) is 0 Å². The van der Waals surface area contributed by atoms with Crippen LogP contribution in [0.3, 0.4) is 0 Å². The number of rotatable bonds is 3. The summed E-state index contributed by atoms with van der Waals surface area (Å²) in [5.74, 6) is 0. The molecule has 7 nitrogen and oxygen atoms in total. The molecule has 0 radical (unpaired) electrons. The van der Waals surface area contributed by atoms with Gasteiger partial charge >= 0.3 is 12.1 Å². The van der Waals surface area contributed by atoms with E-state index in [0.717, 1.165) is 39.0 Å². The van der Waals surface area contributed by atoms with Crippen LogP contribution in [0, 0.1) is 0 Å². The van der Waals surface area contributed by atoms with Crippen LogP contribution in [-0.2, 0) is 9.47 Å². The van der Waals surface area contributed by atoms with Gasteiger partial charge in [0.1, 0.15) is 5.60 Å². The predicted molar refractivity (Wildman–Crippen MR) is 91.0 cm³/mol. The molecule has 0 aromatic rings. The van der Waals surface area contributed by atoms with Crippen LogP contribution >= 0.6 is 0 Å². The van der Waals surface area contributed by atoms with Crippen molar-refractivity contribution < 1.29 is 19.1 Å². The first-order valence-corrected chi connectivity index (χ1v) is 8.93. The van der Waals surface area contributed by atoms with Crippen LogP contribution in [0.15, 0.2) is 0 Å². The molecule has 1 N–H and O–H groups in total. The lowest BCUT2D eigenvalue weighted by atomic mass is 10.1. The Morgan fingerprint density at radius 3 is 2.29 bits per heavy atom. The number of likely N-dealkylation sites (tertiary alicyclic amines) is 2. The summed E-state index contributed by atoms with van der Waals surface area (Å²) >= 11 is 0. The molecule has 1 atom stereocenters. The van der Waals surface area contributed by atoms with Crippen molar-refractivity contribution in [3.05, 3.63) is 0 Å². The largest absolute Gasteiger partial charge is 0.444 e. The Morgan fingerprint density at radius 1 is 1.08 bits per heavy atom. The average molecular weight is 341 g/mol. The van der Waals surface area contributed by atoms with E-state index in [9.17, 15) is 9.59 Å². The number of nitrogens with zero attached hydrogens (tertiary/aromatic N) is 2. The number of urea groups is 1. The fourth-order valence-corrected chi connectivity index (χ4v) is 3.10. The van der Waals surface area contributed by atoms with Crippen LogP contribution in [0.25, 0.3) is 0 Å². The summed E-state index contributed by atoms with van der Waals surface area (Å²) in [6, 6.07) is -0.0457. The zero-order valence-electron chi connectivity index (χ0n) is 15.3. The van der Waals surface area contributed by atoms with Crippen LogP contribution in [0.4, 0.5) is 9.59 Å². The summed E-state index contributed by atoms with van der Waals surface area (Å²) in [4.78, 5) is 27.9. The molecule has 2 aliphatic heterocycles. The monoisotopic (exact) mass is 341 g/mol. The molecule has 24 heavy (non-hydrogen) atoms. The van der Waals surface area contributed by atoms with Gasteiger partial charge in [-0.25, -0.2) is 9.59 Å². The quantitative estimate of drug-likeness (QED) is 0.854. The van der Waals surface area contributed by atoms with Gasteiger partial charge in [-0.1, -0.05) is 0 Å². The summed E-state index contributed by atoms with van der Waals surface area (Å²) in [5.41, 5.74) is -0.497. The van der Waals surface area contributed by atoms with E-state index in [1.807, 2.05) is 32.6 Å². The highest BCUT2D eigenvalue weighted by molar-refractivity contribution is 5.75. The van der Waals surface area contributed by atoms with Crippen molar-refractivity contribution in [2.75, 3.05) is 32.8 Å². The van der Waals surface area contributed by atoms with Crippen LogP contribution in [0.2, 0.25) is 0 Å². The highest BCUT2D eigenvalue weighted by Crippen LogP contribution is 2.17. The van der Waals surface area contributed by atoms with Crippen molar-refractivity contribution in [1.82, 2.24) is 15.1 Å². The number of piperidine rings is 1. The van der Waals surface area contributed by atoms with Gasteiger partial charge in [-0.05, 0) is 47.0 Å². The Balaban J connectivity index is 1.73. The summed E-state index contributed by atoms with van der Waals surface area (Å²) < 4.78 is 11.0. The van der Waals surface area contributed by atoms with Crippen molar-refractivity contribution in [2.24, 2.45) is 0 Å². The fraction of sp³-hybridized carbons (Fsp3) is 0.882. The zero-order valence-corrected chi connectivity index (χ0v) is 15.3. The van der Waals surface area contributed by atoms with Crippen LogP contribution in [0.1, 0.15) is 47.0 Å². The summed E-state index contributed by atoms with van der Waals surface area (Å²) in [6.45, 7) is 10.8. The lowest BCUT2D eigenvalue weighted by Gasteiger charge is -2.32. The average Bonchev–Trinajstić information content (AvgIpc) is 2.95. The summed E-state index contributed by atoms with van der Waals surface area (Å²) in [5, 5.41) is 3.04. The Labute approximate surface area is 144 Å². The predicted octanol–water partition coefficient (Wildman–Crippen LogP) is 2.21. The molecule has 2 fully saturated rings. The molecule has 2 aliphatic rings. The van der Waals surface area contributed by atoms with Gasteiger partial charge in [0.15, 0.2) is 0 Å². The van der Waals surface area contributed by atoms with E-state index >= 15 is 0 Å². The summed E-state index contributed by atoms with van der Waals surface area (Å²) in [7, 11) is 0. The van der Waals surface area contributed by atoms with E-state index < -0.39 is 5.60 Å². The third-order valence-electron chi connectivity index (χ3n) is 4.30. The van der Waals surface area contributed by atoms with Gasteiger partial charge < -0.3 is 24.6 Å². The normalized spacial score (nSPS) is 22.6. The van der Waals surface area contributed by atoms with E-state index in [2.05, 4.69) is 5.32 Å². The molecule has 2 saturated heterocycles. The minimum Gasteiger partial charge on any atom is -0.444 e. The molecule has 7 heteroatoms. The Hall–Kier alpha value is -1.50. The molecule has 0 aromatic heterocycles. The first-order valence-electron chi connectivity index (χ1n) is 8.93. The standard InChI is InChI=1S/C17H31N3O4/c1-5-23-14-7-10-19(11-8-14)15(21)18-13-6-9-20(12-13)16(22)24-17(2,3)4/h13-14H,5-12H2,1-4H3,(H,18,21)/t13-/m1/s1. The molecule has 3 amide bonds. The highest BCUT2D eigenvalue weighted by Gasteiger charge is 2.32. The Bertz CT molecular complexity index is 442. The molecule has 0 saturated carbocycles. The SMILES string of the molecule is CCOC1CCN(C(=O)N[C@@H]2CCN(C(=O)OC(C)(C)C)C2)CC1. The van der Waals surface area contributed by atoms with Crippen LogP contribution < -0.4 is 5.32 Å².